The minimum Gasteiger partial charge on any atom is -0.490 e. The van der Waals surface area contributed by atoms with E-state index >= 15 is 0 Å². The number of ether oxygens (including phenoxy) is 2. The number of nitrogens with one attached hydrogen (secondary N) is 2. The van der Waals surface area contributed by atoms with Crippen LogP contribution in [-0.2, 0) is 16.0 Å². The van der Waals surface area contributed by atoms with Crippen LogP contribution in [0.15, 0.2) is 46.6 Å². The molecule has 1 fully saturated rings. The summed E-state index contributed by atoms with van der Waals surface area (Å²) in [7, 11) is 0. The molecule has 0 aliphatic carbocycles. The molecule has 0 spiro atoms. The van der Waals surface area contributed by atoms with E-state index in [-0.39, 0.29) is 12.3 Å². The lowest BCUT2D eigenvalue weighted by Gasteiger charge is -2.14. The van der Waals surface area contributed by atoms with Crippen molar-refractivity contribution in [2.45, 2.75) is 20.3 Å². The Kier molecular flexibility index (Phi) is 8.33. The van der Waals surface area contributed by atoms with Crippen LogP contribution in [0.2, 0.25) is 0 Å². The third kappa shape index (κ3) is 5.77. The number of benzene rings is 2. The van der Waals surface area contributed by atoms with E-state index in [1.54, 1.807) is 24.3 Å². The number of anilines is 1. The highest BCUT2D eigenvalue weighted by molar-refractivity contribution is 9.10. The first kappa shape index (κ1) is 24.9. The largest absolute Gasteiger partial charge is 0.490 e. The molecule has 0 atom stereocenters. The zero-order valence-electron chi connectivity index (χ0n) is 18.8. The summed E-state index contributed by atoms with van der Waals surface area (Å²) in [5.74, 6) is 2.20. The fourth-order valence-electron chi connectivity index (χ4n) is 3.32. The first-order valence-corrected chi connectivity index (χ1v) is 11.4. The molecule has 2 N–H and O–H groups in total. The van der Waals surface area contributed by atoms with Gasteiger partial charge in [0.25, 0.3) is 5.91 Å². The number of hydrogen-bond acceptors (Lipinski definition) is 5. The highest BCUT2D eigenvalue weighted by atomic mass is 79.9. The molecule has 0 radical (unpaired) electrons. The second-order valence-electron chi connectivity index (χ2n) is 7.18. The summed E-state index contributed by atoms with van der Waals surface area (Å²) in [6, 6.07) is 10.0. The van der Waals surface area contributed by atoms with Gasteiger partial charge in [-0.3, -0.25) is 9.59 Å². The number of nitrogens with zero attached hydrogens (tertiary/aromatic N) is 1. The Balaban J connectivity index is 1.78. The SMILES string of the molecule is C#CCOc1cc(Br)c(/C=C2/NC(=O)N(CC(=O)Nc3ccccc3CC)C2=O)cc1OCC. The van der Waals surface area contributed by atoms with Crippen LogP contribution < -0.4 is 20.1 Å². The predicted octanol–water partition coefficient (Wildman–Crippen LogP) is 3.95. The van der Waals surface area contributed by atoms with Gasteiger partial charge >= 0.3 is 6.03 Å². The first-order valence-electron chi connectivity index (χ1n) is 10.6. The maximum absolute atomic E-state index is 12.9. The van der Waals surface area contributed by atoms with Crippen molar-refractivity contribution in [3.05, 3.63) is 57.7 Å². The van der Waals surface area contributed by atoms with Crippen LogP contribution >= 0.6 is 15.9 Å². The molecule has 4 amide bonds. The summed E-state index contributed by atoms with van der Waals surface area (Å²) in [5.41, 5.74) is 2.21. The van der Waals surface area contributed by atoms with Crippen molar-refractivity contribution in [1.82, 2.24) is 10.2 Å². The number of halogens is 1. The Hall–Kier alpha value is -3.77. The molecule has 176 valence electrons. The maximum Gasteiger partial charge on any atom is 0.329 e. The summed E-state index contributed by atoms with van der Waals surface area (Å²) >= 11 is 3.44. The van der Waals surface area contributed by atoms with Crippen molar-refractivity contribution in [2.75, 3.05) is 25.1 Å². The average Bonchev–Trinajstić information content (AvgIpc) is 3.07. The summed E-state index contributed by atoms with van der Waals surface area (Å²) in [6.07, 6.45) is 7.50. The molecule has 8 nitrogen and oxygen atoms in total. The Morgan fingerprint density at radius 3 is 2.65 bits per heavy atom. The lowest BCUT2D eigenvalue weighted by Crippen LogP contribution is -2.38. The van der Waals surface area contributed by atoms with E-state index in [4.69, 9.17) is 15.9 Å². The van der Waals surface area contributed by atoms with Crippen LogP contribution in [0.5, 0.6) is 11.5 Å². The van der Waals surface area contributed by atoms with Gasteiger partial charge in [0.15, 0.2) is 11.5 Å². The molecule has 34 heavy (non-hydrogen) atoms. The van der Waals surface area contributed by atoms with Crippen molar-refractivity contribution in [1.29, 1.82) is 0 Å². The highest BCUT2D eigenvalue weighted by Gasteiger charge is 2.35. The zero-order chi connectivity index (χ0) is 24.7. The molecule has 9 heteroatoms. The van der Waals surface area contributed by atoms with E-state index in [1.807, 2.05) is 26.0 Å². The summed E-state index contributed by atoms with van der Waals surface area (Å²) < 4.78 is 11.7. The number of para-hydroxylation sites is 1. The van der Waals surface area contributed by atoms with E-state index < -0.39 is 24.4 Å². The average molecular weight is 526 g/mol. The number of amides is 4. The van der Waals surface area contributed by atoms with Crippen LogP contribution in [0.1, 0.15) is 25.0 Å². The lowest BCUT2D eigenvalue weighted by atomic mass is 10.1. The smallest absolute Gasteiger partial charge is 0.329 e. The van der Waals surface area contributed by atoms with Crippen LogP contribution in [-0.4, -0.2) is 42.5 Å². The van der Waals surface area contributed by atoms with E-state index in [9.17, 15) is 14.4 Å². The van der Waals surface area contributed by atoms with Gasteiger partial charge in [0, 0.05) is 10.2 Å². The van der Waals surface area contributed by atoms with Gasteiger partial charge in [-0.15, -0.1) is 6.42 Å². The van der Waals surface area contributed by atoms with E-state index in [0.717, 1.165) is 16.9 Å². The molecule has 1 aliphatic heterocycles. The van der Waals surface area contributed by atoms with Gasteiger partial charge in [-0.25, -0.2) is 9.69 Å². The van der Waals surface area contributed by atoms with E-state index in [1.165, 1.54) is 6.08 Å². The van der Waals surface area contributed by atoms with Crippen molar-refractivity contribution >= 4 is 45.5 Å². The molecular weight excluding hydrogens is 502 g/mol. The molecule has 1 heterocycles. The second kappa shape index (κ2) is 11.4. The number of aryl methyl sites for hydroxylation is 1. The molecule has 0 saturated carbocycles. The molecule has 0 unspecified atom stereocenters. The normalized spacial score (nSPS) is 14.1. The number of hydrogen-bond donors (Lipinski definition) is 2. The molecule has 2 aromatic carbocycles. The first-order chi connectivity index (χ1) is 16.4. The molecule has 3 rings (SSSR count). The van der Waals surface area contributed by atoms with Crippen molar-refractivity contribution in [3.63, 3.8) is 0 Å². The van der Waals surface area contributed by atoms with Crippen molar-refractivity contribution < 1.29 is 23.9 Å². The molecule has 1 saturated heterocycles. The fraction of sp³-hybridized carbons (Fsp3) is 0.240. The minimum atomic E-state index is -0.676. The number of carbonyl (C=O) groups is 3. The standard InChI is InChI=1S/C25H24BrN3O5/c1-4-11-34-22-14-18(26)17(13-21(22)33-6-3)12-20-24(31)29(25(32)28-20)15-23(30)27-19-10-8-7-9-16(19)5-2/h1,7-10,12-14H,5-6,11,15H2,2-3H3,(H,27,30)(H,28,32)/b20-12+. The van der Waals surface area contributed by atoms with Gasteiger partial charge in [0.05, 0.1) is 6.61 Å². The fourth-order valence-corrected chi connectivity index (χ4v) is 3.75. The predicted molar refractivity (Wildman–Crippen MR) is 132 cm³/mol. The van der Waals surface area contributed by atoms with E-state index in [0.29, 0.717) is 33.8 Å². The zero-order valence-corrected chi connectivity index (χ0v) is 20.4. The number of carbonyl (C=O) groups excluding carboxylic acids is 3. The third-order valence-corrected chi connectivity index (χ3v) is 5.60. The van der Waals surface area contributed by atoms with Crippen molar-refractivity contribution in [2.24, 2.45) is 0 Å². The molecule has 0 aromatic heterocycles. The number of rotatable bonds is 9. The van der Waals surface area contributed by atoms with Gasteiger partial charge in [0.2, 0.25) is 5.91 Å². The third-order valence-electron chi connectivity index (χ3n) is 4.91. The van der Waals surface area contributed by atoms with Crippen LogP contribution in [0.4, 0.5) is 10.5 Å². The quantitative estimate of drug-likeness (QED) is 0.293. The Labute approximate surface area is 206 Å². The Bertz CT molecular complexity index is 1190. The minimum absolute atomic E-state index is 0.0344. The van der Waals surface area contributed by atoms with Gasteiger partial charge in [-0.1, -0.05) is 47.0 Å². The Morgan fingerprint density at radius 2 is 1.94 bits per heavy atom. The number of imide groups is 1. The molecule has 0 bridgehead atoms. The summed E-state index contributed by atoms with van der Waals surface area (Å²) in [5, 5.41) is 5.28. The molecule has 1 aliphatic rings. The number of terminal acetylenes is 1. The molecule has 2 aromatic rings. The highest BCUT2D eigenvalue weighted by Crippen LogP contribution is 2.35. The Morgan fingerprint density at radius 1 is 1.21 bits per heavy atom. The van der Waals surface area contributed by atoms with Gasteiger partial charge in [-0.2, -0.15) is 0 Å². The van der Waals surface area contributed by atoms with Gasteiger partial charge < -0.3 is 20.1 Å². The second-order valence-corrected chi connectivity index (χ2v) is 8.04. The van der Waals surface area contributed by atoms with E-state index in [2.05, 4.69) is 32.5 Å². The van der Waals surface area contributed by atoms with Gasteiger partial charge in [0.1, 0.15) is 18.8 Å². The van der Waals surface area contributed by atoms with Crippen molar-refractivity contribution in [3.8, 4) is 23.8 Å². The van der Waals surface area contributed by atoms with Crippen LogP contribution in [0.25, 0.3) is 6.08 Å². The van der Waals surface area contributed by atoms with Gasteiger partial charge in [-0.05, 0) is 48.7 Å². The summed E-state index contributed by atoms with van der Waals surface area (Å²) in [4.78, 5) is 38.7. The topological polar surface area (TPSA) is 97.0 Å². The summed E-state index contributed by atoms with van der Waals surface area (Å²) in [6.45, 7) is 3.85. The lowest BCUT2D eigenvalue weighted by molar-refractivity contribution is -0.127. The van der Waals surface area contributed by atoms with Crippen LogP contribution in [0.3, 0.4) is 0 Å². The van der Waals surface area contributed by atoms with Crippen LogP contribution in [0, 0.1) is 12.3 Å². The number of urea groups is 1. The molecular formula is C25H24BrN3O5. The maximum atomic E-state index is 12.9. The monoisotopic (exact) mass is 525 g/mol.